The number of rotatable bonds is 4. The number of benzene rings is 1. The van der Waals surface area contributed by atoms with Crippen molar-refractivity contribution in [2.24, 2.45) is 7.05 Å². The highest BCUT2D eigenvalue weighted by Gasteiger charge is 2.19. The van der Waals surface area contributed by atoms with Crippen molar-refractivity contribution in [2.75, 3.05) is 7.05 Å². The van der Waals surface area contributed by atoms with Crippen LogP contribution in [0.4, 0.5) is 8.78 Å². The summed E-state index contributed by atoms with van der Waals surface area (Å²) < 4.78 is 28.5. The first-order valence-electron chi connectivity index (χ1n) is 5.82. The standard InChI is InChI=1S/C13H14BrF2N3/c1-17-11(7-8-5-6-19(2)18-8)9-3-4-10(15)13(16)12(9)14/h3-6,11,17H,7H2,1-2H3. The minimum Gasteiger partial charge on any atom is -0.313 e. The Balaban J connectivity index is 2.29. The van der Waals surface area contributed by atoms with E-state index in [2.05, 4.69) is 26.3 Å². The normalized spacial score (nSPS) is 12.7. The van der Waals surface area contributed by atoms with E-state index in [0.29, 0.717) is 12.0 Å². The Morgan fingerprint density at radius 3 is 2.68 bits per heavy atom. The molecule has 0 fully saturated rings. The third-order valence-electron chi connectivity index (χ3n) is 2.97. The monoisotopic (exact) mass is 329 g/mol. The van der Waals surface area contributed by atoms with Gasteiger partial charge in [-0.1, -0.05) is 6.07 Å². The van der Waals surface area contributed by atoms with Gasteiger partial charge in [-0.3, -0.25) is 4.68 Å². The Bertz CT molecular complexity index is 583. The molecule has 1 aromatic heterocycles. The van der Waals surface area contributed by atoms with Crippen LogP contribution >= 0.6 is 15.9 Å². The second kappa shape index (κ2) is 5.79. The quantitative estimate of drug-likeness (QED) is 0.874. The molecule has 2 aromatic rings. The Kier molecular flexibility index (Phi) is 4.31. The summed E-state index contributed by atoms with van der Waals surface area (Å²) in [7, 11) is 3.62. The van der Waals surface area contributed by atoms with Crippen molar-refractivity contribution in [1.29, 1.82) is 0 Å². The Labute approximate surface area is 118 Å². The fourth-order valence-corrected chi connectivity index (χ4v) is 2.56. The van der Waals surface area contributed by atoms with E-state index in [0.717, 1.165) is 11.8 Å². The van der Waals surface area contributed by atoms with Crippen molar-refractivity contribution < 1.29 is 8.78 Å². The lowest BCUT2D eigenvalue weighted by Gasteiger charge is -2.17. The van der Waals surface area contributed by atoms with Crippen molar-refractivity contribution in [3.63, 3.8) is 0 Å². The molecule has 1 aromatic carbocycles. The second-order valence-corrected chi connectivity index (χ2v) is 5.08. The molecule has 0 saturated heterocycles. The predicted molar refractivity (Wildman–Crippen MR) is 72.8 cm³/mol. The van der Waals surface area contributed by atoms with Gasteiger partial charge in [-0.25, -0.2) is 8.78 Å². The summed E-state index contributed by atoms with van der Waals surface area (Å²) in [6.45, 7) is 0. The molecular weight excluding hydrogens is 316 g/mol. The molecule has 1 N–H and O–H groups in total. The Morgan fingerprint density at radius 1 is 1.37 bits per heavy atom. The topological polar surface area (TPSA) is 29.9 Å². The first-order valence-corrected chi connectivity index (χ1v) is 6.61. The summed E-state index contributed by atoms with van der Waals surface area (Å²) >= 11 is 3.11. The molecule has 3 nitrogen and oxygen atoms in total. The maximum Gasteiger partial charge on any atom is 0.173 e. The molecule has 1 heterocycles. The van der Waals surface area contributed by atoms with Crippen LogP contribution in [0.5, 0.6) is 0 Å². The number of nitrogens with one attached hydrogen (secondary N) is 1. The molecule has 0 radical (unpaired) electrons. The zero-order chi connectivity index (χ0) is 14.0. The lowest BCUT2D eigenvalue weighted by Crippen LogP contribution is -2.20. The third kappa shape index (κ3) is 3.01. The minimum absolute atomic E-state index is 0.139. The molecule has 0 aliphatic heterocycles. The predicted octanol–water partition coefficient (Wildman–Crippen LogP) is 2.96. The van der Waals surface area contributed by atoms with E-state index < -0.39 is 11.6 Å². The lowest BCUT2D eigenvalue weighted by molar-refractivity contribution is 0.494. The van der Waals surface area contributed by atoms with Crippen LogP contribution in [0.1, 0.15) is 17.3 Å². The summed E-state index contributed by atoms with van der Waals surface area (Å²) in [6, 6.07) is 4.47. The van der Waals surface area contributed by atoms with Crippen LogP contribution in [-0.4, -0.2) is 16.8 Å². The van der Waals surface area contributed by atoms with E-state index in [-0.39, 0.29) is 10.5 Å². The van der Waals surface area contributed by atoms with Gasteiger partial charge >= 0.3 is 0 Å². The van der Waals surface area contributed by atoms with Crippen LogP contribution in [0.3, 0.4) is 0 Å². The molecule has 1 unspecified atom stereocenters. The highest BCUT2D eigenvalue weighted by molar-refractivity contribution is 9.10. The van der Waals surface area contributed by atoms with Crippen molar-refractivity contribution in [1.82, 2.24) is 15.1 Å². The summed E-state index contributed by atoms with van der Waals surface area (Å²) in [5.74, 6) is -1.72. The first kappa shape index (κ1) is 14.1. The molecule has 2 rings (SSSR count). The third-order valence-corrected chi connectivity index (χ3v) is 3.78. The molecule has 1 atom stereocenters. The average Bonchev–Trinajstić information content (AvgIpc) is 2.80. The van der Waals surface area contributed by atoms with Crippen molar-refractivity contribution in [3.8, 4) is 0 Å². The van der Waals surface area contributed by atoms with Gasteiger partial charge in [0.25, 0.3) is 0 Å². The second-order valence-electron chi connectivity index (χ2n) is 4.29. The van der Waals surface area contributed by atoms with E-state index in [1.807, 2.05) is 19.3 Å². The van der Waals surface area contributed by atoms with Gasteiger partial charge in [0.05, 0.1) is 10.2 Å². The van der Waals surface area contributed by atoms with Crippen molar-refractivity contribution in [3.05, 3.63) is 51.8 Å². The van der Waals surface area contributed by atoms with E-state index in [4.69, 9.17) is 0 Å². The van der Waals surface area contributed by atoms with E-state index >= 15 is 0 Å². The fraction of sp³-hybridized carbons (Fsp3) is 0.308. The van der Waals surface area contributed by atoms with Gasteiger partial charge in [-0.15, -0.1) is 0 Å². The molecule has 0 amide bonds. The zero-order valence-corrected chi connectivity index (χ0v) is 12.2. The number of halogens is 3. The van der Waals surface area contributed by atoms with Gasteiger partial charge in [0.2, 0.25) is 0 Å². The number of aromatic nitrogens is 2. The highest BCUT2D eigenvalue weighted by Crippen LogP contribution is 2.29. The molecule has 0 aliphatic carbocycles. The number of nitrogens with zero attached hydrogens (tertiary/aromatic N) is 2. The number of aryl methyl sites for hydroxylation is 1. The minimum atomic E-state index is -0.862. The van der Waals surface area contributed by atoms with Crippen molar-refractivity contribution in [2.45, 2.75) is 12.5 Å². The highest BCUT2D eigenvalue weighted by atomic mass is 79.9. The number of likely N-dealkylation sites (N-methyl/N-ethyl adjacent to an activating group) is 1. The molecule has 6 heteroatoms. The molecular formula is C13H14BrF2N3. The molecule has 0 spiro atoms. The maximum atomic E-state index is 13.6. The first-order chi connectivity index (χ1) is 9.02. The van der Waals surface area contributed by atoms with Crippen LogP contribution in [0, 0.1) is 11.6 Å². The smallest absolute Gasteiger partial charge is 0.173 e. The summed E-state index contributed by atoms with van der Waals surface area (Å²) in [6.07, 6.45) is 2.45. The molecule has 0 bridgehead atoms. The Morgan fingerprint density at radius 2 is 2.11 bits per heavy atom. The van der Waals surface area contributed by atoms with Gasteiger partial charge in [-0.05, 0) is 40.7 Å². The summed E-state index contributed by atoms with van der Waals surface area (Å²) in [5.41, 5.74) is 1.56. The van der Waals surface area contributed by atoms with Gasteiger partial charge < -0.3 is 5.32 Å². The maximum absolute atomic E-state index is 13.6. The Hall–Kier alpha value is -1.27. The lowest BCUT2D eigenvalue weighted by atomic mass is 10.0. The van der Waals surface area contributed by atoms with E-state index in [1.54, 1.807) is 17.8 Å². The van der Waals surface area contributed by atoms with E-state index in [9.17, 15) is 8.78 Å². The van der Waals surface area contributed by atoms with Crippen LogP contribution in [0.25, 0.3) is 0 Å². The molecule has 0 aliphatic rings. The van der Waals surface area contributed by atoms with Gasteiger partial charge in [-0.2, -0.15) is 5.10 Å². The number of hydrogen-bond acceptors (Lipinski definition) is 2. The van der Waals surface area contributed by atoms with Crippen LogP contribution in [0.2, 0.25) is 0 Å². The van der Waals surface area contributed by atoms with Gasteiger partial charge in [0, 0.05) is 25.7 Å². The van der Waals surface area contributed by atoms with E-state index in [1.165, 1.54) is 0 Å². The van der Waals surface area contributed by atoms with Gasteiger partial charge in [0.15, 0.2) is 11.6 Å². The van der Waals surface area contributed by atoms with Crippen LogP contribution < -0.4 is 5.32 Å². The number of hydrogen-bond donors (Lipinski definition) is 1. The van der Waals surface area contributed by atoms with Gasteiger partial charge in [0.1, 0.15) is 0 Å². The molecule has 0 saturated carbocycles. The SMILES string of the molecule is CNC(Cc1ccn(C)n1)c1ccc(F)c(F)c1Br. The summed E-state index contributed by atoms with van der Waals surface area (Å²) in [5, 5.41) is 7.38. The van der Waals surface area contributed by atoms with Crippen LogP contribution in [-0.2, 0) is 13.5 Å². The van der Waals surface area contributed by atoms with Crippen molar-refractivity contribution >= 4 is 15.9 Å². The fourth-order valence-electron chi connectivity index (χ4n) is 1.96. The largest absolute Gasteiger partial charge is 0.313 e. The average molecular weight is 330 g/mol. The molecule has 102 valence electrons. The van der Waals surface area contributed by atoms with Crippen LogP contribution in [0.15, 0.2) is 28.9 Å². The zero-order valence-electron chi connectivity index (χ0n) is 10.6. The molecule has 19 heavy (non-hydrogen) atoms. The summed E-state index contributed by atoms with van der Waals surface area (Å²) in [4.78, 5) is 0.